The molecule has 0 aliphatic heterocycles. The first-order chi connectivity index (χ1) is 9.92. The lowest BCUT2D eigenvalue weighted by Crippen LogP contribution is -2.25. The molecule has 2 saturated carbocycles. The molecule has 104 valence electrons. The number of rotatable bonds is 6. The second-order valence-corrected chi connectivity index (χ2v) is 6.49. The fourth-order valence-corrected chi connectivity index (χ4v) is 3.46. The number of hydrogen-bond acceptors (Lipinski definition) is 2. The molecule has 2 aromatic rings. The van der Waals surface area contributed by atoms with Crippen molar-refractivity contribution < 1.29 is 0 Å². The van der Waals surface area contributed by atoms with Gasteiger partial charge < -0.3 is 5.32 Å². The summed E-state index contributed by atoms with van der Waals surface area (Å²) < 4.78 is 0. The molecule has 2 nitrogen and oxygen atoms in total. The number of hydrogen-bond donors (Lipinski definition) is 1. The lowest BCUT2D eigenvalue weighted by molar-refractivity contribution is 0.379. The van der Waals surface area contributed by atoms with Gasteiger partial charge in [-0.15, -0.1) is 0 Å². The second kappa shape index (κ2) is 5.17. The van der Waals surface area contributed by atoms with Gasteiger partial charge >= 0.3 is 0 Å². The third-order valence-corrected chi connectivity index (χ3v) is 4.90. The SMILES string of the molecule is c1ccc2c(CNCC(C3CC3)C3CC3)cncc2c1. The summed E-state index contributed by atoms with van der Waals surface area (Å²) in [6.45, 7) is 2.14. The van der Waals surface area contributed by atoms with Gasteiger partial charge in [0.1, 0.15) is 0 Å². The van der Waals surface area contributed by atoms with Crippen molar-refractivity contribution in [1.29, 1.82) is 0 Å². The maximum absolute atomic E-state index is 4.37. The molecule has 0 amide bonds. The molecule has 0 radical (unpaired) electrons. The molecule has 0 saturated heterocycles. The molecule has 2 aliphatic rings. The van der Waals surface area contributed by atoms with E-state index in [0.29, 0.717) is 0 Å². The van der Waals surface area contributed by atoms with Gasteiger partial charge in [-0.25, -0.2) is 0 Å². The van der Waals surface area contributed by atoms with Crippen LogP contribution in [-0.4, -0.2) is 11.5 Å². The van der Waals surface area contributed by atoms with Crippen LogP contribution in [0.5, 0.6) is 0 Å². The molecule has 2 aliphatic carbocycles. The molecule has 0 bridgehead atoms. The Bertz CT molecular complexity index is 582. The Morgan fingerprint density at radius 2 is 1.80 bits per heavy atom. The Labute approximate surface area is 120 Å². The molecule has 2 heteroatoms. The Morgan fingerprint density at radius 1 is 1.05 bits per heavy atom. The van der Waals surface area contributed by atoms with Crippen LogP contribution in [0.2, 0.25) is 0 Å². The van der Waals surface area contributed by atoms with E-state index in [4.69, 9.17) is 0 Å². The summed E-state index contributed by atoms with van der Waals surface area (Å²) in [5.74, 6) is 3.00. The highest BCUT2D eigenvalue weighted by Crippen LogP contribution is 2.48. The monoisotopic (exact) mass is 266 g/mol. The average Bonchev–Trinajstić information content (AvgIpc) is 3.38. The maximum Gasteiger partial charge on any atom is 0.0346 e. The van der Waals surface area contributed by atoms with Crippen LogP contribution in [-0.2, 0) is 6.54 Å². The summed E-state index contributed by atoms with van der Waals surface area (Å²) in [5, 5.41) is 6.28. The lowest BCUT2D eigenvalue weighted by atomic mass is 9.98. The van der Waals surface area contributed by atoms with E-state index in [1.54, 1.807) is 0 Å². The van der Waals surface area contributed by atoms with Gasteiger partial charge in [-0.3, -0.25) is 4.98 Å². The summed E-state index contributed by atoms with van der Waals surface area (Å²) >= 11 is 0. The average molecular weight is 266 g/mol. The Hall–Kier alpha value is -1.41. The normalized spacial score (nSPS) is 18.9. The van der Waals surface area contributed by atoms with Crippen LogP contribution in [0, 0.1) is 17.8 Å². The van der Waals surface area contributed by atoms with Crippen LogP contribution >= 0.6 is 0 Å². The highest BCUT2D eigenvalue weighted by atomic mass is 14.9. The molecule has 4 rings (SSSR count). The van der Waals surface area contributed by atoms with E-state index in [1.807, 2.05) is 12.4 Å². The van der Waals surface area contributed by atoms with E-state index < -0.39 is 0 Å². The Kier molecular flexibility index (Phi) is 3.19. The number of benzene rings is 1. The van der Waals surface area contributed by atoms with E-state index >= 15 is 0 Å². The Morgan fingerprint density at radius 3 is 2.55 bits per heavy atom. The number of fused-ring (bicyclic) bond motifs is 1. The zero-order valence-corrected chi connectivity index (χ0v) is 11.9. The maximum atomic E-state index is 4.37. The first kappa shape index (κ1) is 12.3. The first-order valence-electron chi connectivity index (χ1n) is 7.94. The van der Waals surface area contributed by atoms with E-state index in [1.165, 1.54) is 48.6 Å². The zero-order chi connectivity index (χ0) is 13.4. The Balaban J connectivity index is 1.42. The van der Waals surface area contributed by atoms with Crippen molar-refractivity contribution in [3.05, 3.63) is 42.2 Å². The highest BCUT2D eigenvalue weighted by molar-refractivity contribution is 5.84. The van der Waals surface area contributed by atoms with Gasteiger partial charge in [0.25, 0.3) is 0 Å². The molecule has 1 aromatic carbocycles. The second-order valence-electron chi connectivity index (χ2n) is 6.49. The van der Waals surface area contributed by atoms with Gasteiger partial charge in [0.15, 0.2) is 0 Å². The predicted octanol–water partition coefficient (Wildman–Crippen LogP) is 3.76. The standard InChI is InChI=1S/C18H22N2/c1-2-4-17-15(3-1)9-19-10-16(17)11-20-12-18(13-5-6-13)14-7-8-14/h1-4,9-10,13-14,18,20H,5-8,11-12H2. The van der Waals surface area contributed by atoms with Gasteiger partial charge in [-0.2, -0.15) is 0 Å². The van der Waals surface area contributed by atoms with Gasteiger partial charge in [-0.05, 0) is 60.9 Å². The highest BCUT2D eigenvalue weighted by Gasteiger charge is 2.40. The molecule has 20 heavy (non-hydrogen) atoms. The van der Waals surface area contributed by atoms with Gasteiger partial charge in [0.05, 0.1) is 0 Å². The van der Waals surface area contributed by atoms with Crippen molar-refractivity contribution >= 4 is 10.8 Å². The van der Waals surface area contributed by atoms with Gasteiger partial charge in [-0.1, -0.05) is 24.3 Å². The quantitative estimate of drug-likeness (QED) is 0.861. The minimum atomic E-state index is 0.943. The third-order valence-electron chi connectivity index (χ3n) is 4.90. The molecule has 2 fully saturated rings. The number of nitrogens with zero attached hydrogens (tertiary/aromatic N) is 1. The van der Waals surface area contributed by atoms with Crippen LogP contribution < -0.4 is 5.32 Å². The first-order valence-corrected chi connectivity index (χ1v) is 7.94. The number of pyridine rings is 1. The summed E-state index contributed by atoms with van der Waals surface area (Å²) in [6.07, 6.45) is 9.85. The minimum Gasteiger partial charge on any atom is -0.312 e. The van der Waals surface area contributed by atoms with Crippen molar-refractivity contribution in [2.24, 2.45) is 17.8 Å². The van der Waals surface area contributed by atoms with Crippen LogP contribution in [0.3, 0.4) is 0 Å². The molecule has 0 unspecified atom stereocenters. The molecule has 0 spiro atoms. The fraction of sp³-hybridized carbons (Fsp3) is 0.500. The molecule has 1 heterocycles. The molecule has 0 atom stereocenters. The topological polar surface area (TPSA) is 24.9 Å². The summed E-state index contributed by atoms with van der Waals surface area (Å²) in [5.41, 5.74) is 1.33. The van der Waals surface area contributed by atoms with E-state index in [9.17, 15) is 0 Å². The molecular formula is C18H22N2. The van der Waals surface area contributed by atoms with Crippen LogP contribution in [0.15, 0.2) is 36.7 Å². The molecule has 1 N–H and O–H groups in total. The van der Waals surface area contributed by atoms with E-state index in [-0.39, 0.29) is 0 Å². The van der Waals surface area contributed by atoms with Crippen molar-refractivity contribution in [1.82, 2.24) is 10.3 Å². The largest absolute Gasteiger partial charge is 0.312 e. The minimum absolute atomic E-state index is 0.943. The van der Waals surface area contributed by atoms with Gasteiger partial charge in [0, 0.05) is 24.3 Å². The fourth-order valence-electron chi connectivity index (χ4n) is 3.46. The predicted molar refractivity (Wildman–Crippen MR) is 82.4 cm³/mol. The van der Waals surface area contributed by atoms with E-state index in [0.717, 1.165) is 24.3 Å². The third kappa shape index (κ3) is 2.57. The summed E-state index contributed by atoms with van der Waals surface area (Å²) in [6, 6.07) is 8.54. The number of nitrogens with one attached hydrogen (secondary N) is 1. The lowest BCUT2D eigenvalue weighted by Gasteiger charge is -2.16. The summed E-state index contributed by atoms with van der Waals surface area (Å²) in [7, 11) is 0. The van der Waals surface area contributed by atoms with Crippen molar-refractivity contribution in [2.45, 2.75) is 32.2 Å². The van der Waals surface area contributed by atoms with Crippen LogP contribution in [0.4, 0.5) is 0 Å². The van der Waals surface area contributed by atoms with Crippen molar-refractivity contribution in [3.63, 3.8) is 0 Å². The number of aromatic nitrogens is 1. The molecule has 1 aromatic heterocycles. The van der Waals surface area contributed by atoms with Crippen molar-refractivity contribution in [3.8, 4) is 0 Å². The van der Waals surface area contributed by atoms with Gasteiger partial charge in [0.2, 0.25) is 0 Å². The van der Waals surface area contributed by atoms with E-state index in [2.05, 4.69) is 34.6 Å². The summed E-state index contributed by atoms with van der Waals surface area (Å²) in [4.78, 5) is 4.37. The smallest absolute Gasteiger partial charge is 0.0346 e. The zero-order valence-electron chi connectivity index (χ0n) is 11.9. The van der Waals surface area contributed by atoms with Crippen LogP contribution in [0.25, 0.3) is 10.8 Å². The van der Waals surface area contributed by atoms with Crippen LogP contribution in [0.1, 0.15) is 31.2 Å². The molecular weight excluding hydrogens is 244 g/mol. The van der Waals surface area contributed by atoms with Crippen molar-refractivity contribution in [2.75, 3.05) is 6.54 Å².